The van der Waals surface area contributed by atoms with E-state index in [9.17, 15) is 9.59 Å². The van der Waals surface area contributed by atoms with Crippen LogP contribution in [0.4, 0.5) is 0 Å². The first kappa shape index (κ1) is 17.9. The van der Waals surface area contributed by atoms with Gasteiger partial charge in [-0.25, -0.2) is 0 Å². The summed E-state index contributed by atoms with van der Waals surface area (Å²) in [7, 11) is 1.77. The fourth-order valence-corrected chi connectivity index (χ4v) is 3.28. The summed E-state index contributed by atoms with van der Waals surface area (Å²) >= 11 is 0. The van der Waals surface area contributed by atoms with Crippen molar-refractivity contribution in [3.05, 3.63) is 17.0 Å². The van der Waals surface area contributed by atoms with Gasteiger partial charge in [0.15, 0.2) is 0 Å². The maximum absolute atomic E-state index is 12.5. The molecule has 0 radical (unpaired) electrons. The molecule has 1 aromatic rings. The maximum atomic E-state index is 12.5. The molecule has 1 fully saturated rings. The monoisotopic (exact) mass is 350 g/mol. The molecule has 2 atom stereocenters. The van der Waals surface area contributed by atoms with E-state index in [2.05, 4.69) is 15.7 Å². The Balaban J connectivity index is 1.63. The SMILES string of the molecule is CC(C)NC(=O)c1c2c(nn1C)COC(CNC(=O)C1CCOC1)C2. The van der Waals surface area contributed by atoms with Gasteiger partial charge in [0, 0.05) is 38.2 Å². The number of hydrogen-bond acceptors (Lipinski definition) is 5. The Bertz CT molecular complexity index is 649. The van der Waals surface area contributed by atoms with Crippen LogP contribution in [-0.4, -0.2) is 53.5 Å². The van der Waals surface area contributed by atoms with Gasteiger partial charge in [-0.05, 0) is 20.3 Å². The number of nitrogens with zero attached hydrogens (tertiary/aromatic N) is 2. The highest BCUT2D eigenvalue weighted by Gasteiger charge is 2.30. The average molecular weight is 350 g/mol. The lowest BCUT2D eigenvalue weighted by molar-refractivity contribution is -0.125. The third-order valence-electron chi connectivity index (χ3n) is 4.56. The fourth-order valence-electron chi connectivity index (χ4n) is 3.28. The minimum absolute atomic E-state index is 0.0101. The predicted octanol–water partition coefficient (Wildman–Crippen LogP) is 0.152. The van der Waals surface area contributed by atoms with Crippen LogP contribution in [0, 0.1) is 5.92 Å². The molecule has 0 aromatic carbocycles. The Hall–Kier alpha value is -1.93. The zero-order valence-electron chi connectivity index (χ0n) is 15.0. The van der Waals surface area contributed by atoms with Gasteiger partial charge in [0.1, 0.15) is 5.69 Å². The van der Waals surface area contributed by atoms with E-state index >= 15 is 0 Å². The van der Waals surface area contributed by atoms with Crippen molar-refractivity contribution in [2.75, 3.05) is 19.8 Å². The van der Waals surface area contributed by atoms with Gasteiger partial charge in [0.05, 0.1) is 30.9 Å². The minimum atomic E-state index is -0.159. The second kappa shape index (κ2) is 7.53. The summed E-state index contributed by atoms with van der Waals surface area (Å²) in [6, 6.07) is 0.0570. The van der Waals surface area contributed by atoms with Crippen LogP contribution in [0.25, 0.3) is 0 Å². The van der Waals surface area contributed by atoms with Crippen LogP contribution >= 0.6 is 0 Å². The van der Waals surface area contributed by atoms with Crippen molar-refractivity contribution in [1.29, 1.82) is 0 Å². The van der Waals surface area contributed by atoms with Crippen LogP contribution in [0.15, 0.2) is 0 Å². The van der Waals surface area contributed by atoms with Gasteiger partial charge in [0.2, 0.25) is 5.91 Å². The lowest BCUT2D eigenvalue weighted by atomic mass is 10.0. The molecule has 0 saturated carbocycles. The van der Waals surface area contributed by atoms with Crippen LogP contribution in [0.2, 0.25) is 0 Å². The molecule has 2 N–H and O–H groups in total. The summed E-state index contributed by atoms with van der Waals surface area (Å²) in [5.74, 6) is -0.181. The number of aryl methyl sites for hydroxylation is 1. The molecule has 2 amide bonds. The first-order valence-electron chi connectivity index (χ1n) is 8.78. The zero-order chi connectivity index (χ0) is 18.0. The second-order valence-electron chi connectivity index (χ2n) is 6.97. The third kappa shape index (κ3) is 4.01. The predicted molar refractivity (Wildman–Crippen MR) is 90.0 cm³/mol. The van der Waals surface area contributed by atoms with Gasteiger partial charge in [-0.15, -0.1) is 0 Å². The molecule has 138 valence electrons. The molecule has 2 unspecified atom stereocenters. The Morgan fingerprint density at radius 3 is 2.88 bits per heavy atom. The smallest absolute Gasteiger partial charge is 0.270 e. The van der Waals surface area contributed by atoms with Crippen LogP contribution in [0.5, 0.6) is 0 Å². The molecule has 3 rings (SSSR count). The van der Waals surface area contributed by atoms with Crippen molar-refractivity contribution in [3.63, 3.8) is 0 Å². The highest BCUT2D eigenvalue weighted by atomic mass is 16.5. The fraction of sp³-hybridized carbons (Fsp3) is 0.706. The lowest BCUT2D eigenvalue weighted by Crippen LogP contribution is -2.40. The topological polar surface area (TPSA) is 94.5 Å². The van der Waals surface area contributed by atoms with Crippen LogP contribution < -0.4 is 10.6 Å². The largest absolute Gasteiger partial charge is 0.381 e. The van der Waals surface area contributed by atoms with Crippen LogP contribution in [-0.2, 0) is 34.3 Å². The number of hydrogen-bond donors (Lipinski definition) is 2. The molecule has 3 heterocycles. The summed E-state index contributed by atoms with van der Waals surface area (Å²) in [5.41, 5.74) is 2.28. The normalized spacial score (nSPS) is 22.7. The Morgan fingerprint density at radius 2 is 2.20 bits per heavy atom. The molecule has 2 aliphatic heterocycles. The maximum Gasteiger partial charge on any atom is 0.270 e. The molecule has 8 heteroatoms. The van der Waals surface area contributed by atoms with Crippen LogP contribution in [0.1, 0.15) is 42.0 Å². The Labute approximate surface area is 147 Å². The second-order valence-corrected chi connectivity index (χ2v) is 6.97. The number of ether oxygens (including phenoxy) is 2. The average Bonchev–Trinajstić information content (AvgIpc) is 3.18. The highest BCUT2D eigenvalue weighted by Crippen LogP contribution is 2.23. The number of aromatic nitrogens is 2. The summed E-state index contributed by atoms with van der Waals surface area (Å²) in [4.78, 5) is 24.6. The van der Waals surface area contributed by atoms with Crippen molar-refractivity contribution in [3.8, 4) is 0 Å². The molecule has 1 aromatic heterocycles. The number of carbonyl (C=O) groups is 2. The number of rotatable bonds is 5. The standard InChI is InChI=1S/C17H26N4O4/c1-10(2)19-17(23)15-13-6-12(25-9-14(13)20-21(15)3)7-18-16(22)11-4-5-24-8-11/h10-12H,4-9H2,1-3H3,(H,18,22)(H,19,23). The first-order chi connectivity index (χ1) is 12.0. The van der Waals surface area contributed by atoms with Gasteiger partial charge < -0.3 is 20.1 Å². The van der Waals surface area contributed by atoms with E-state index in [0.717, 1.165) is 17.7 Å². The van der Waals surface area contributed by atoms with Gasteiger partial charge in [-0.2, -0.15) is 5.10 Å². The number of fused-ring (bicyclic) bond motifs is 1. The van der Waals surface area contributed by atoms with Gasteiger partial charge >= 0.3 is 0 Å². The molecule has 2 aliphatic rings. The van der Waals surface area contributed by atoms with E-state index in [1.54, 1.807) is 11.7 Å². The Kier molecular flexibility index (Phi) is 5.39. The lowest BCUT2D eigenvalue weighted by Gasteiger charge is -2.24. The molecule has 0 aliphatic carbocycles. The molecule has 25 heavy (non-hydrogen) atoms. The highest BCUT2D eigenvalue weighted by molar-refractivity contribution is 5.94. The quantitative estimate of drug-likeness (QED) is 0.788. The summed E-state index contributed by atoms with van der Waals surface area (Å²) < 4.78 is 12.7. The van der Waals surface area contributed by atoms with E-state index in [0.29, 0.717) is 38.5 Å². The van der Waals surface area contributed by atoms with Crippen molar-refractivity contribution in [1.82, 2.24) is 20.4 Å². The van der Waals surface area contributed by atoms with Crippen molar-refractivity contribution < 1.29 is 19.1 Å². The van der Waals surface area contributed by atoms with Crippen molar-refractivity contribution in [2.45, 2.75) is 45.4 Å². The summed E-state index contributed by atoms with van der Waals surface area (Å²) in [6.07, 6.45) is 1.17. The van der Waals surface area contributed by atoms with Gasteiger partial charge in [-0.3, -0.25) is 14.3 Å². The molecule has 8 nitrogen and oxygen atoms in total. The van der Waals surface area contributed by atoms with E-state index in [-0.39, 0.29) is 29.9 Å². The van der Waals surface area contributed by atoms with E-state index in [1.807, 2.05) is 13.8 Å². The minimum Gasteiger partial charge on any atom is -0.381 e. The van der Waals surface area contributed by atoms with E-state index in [1.165, 1.54) is 0 Å². The van der Waals surface area contributed by atoms with Crippen molar-refractivity contribution in [2.24, 2.45) is 13.0 Å². The zero-order valence-corrected chi connectivity index (χ0v) is 15.0. The number of nitrogens with one attached hydrogen (secondary N) is 2. The molecular weight excluding hydrogens is 324 g/mol. The first-order valence-corrected chi connectivity index (χ1v) is 8.78. The Morgan fingerprint density at radius 1 is 1.40 bits per heavy atom. The molecule has 1 saturated heterocycles. The number of carbonyl (C=O) groups excluding carboxylic acids is 2. The van der Waals surface area contributed by atoms with E-state index in [4.69, 9.17) is 9.47 Å². The summed E-state index contributed by atoms with van der Waals surface area (Å²) in [5, 5.41) is 10.3. The molecule has 0 bridgehead atoms. The van der Waals surface area contributed by atoms with Crippen molar-refractivity contribution >= 4 is 11.8 Å². The summed E-state index contributed by atoms with van der Waals surface area (Å²) in [6.45, 7) is 5.76. The molecule has 0 spiro atoms. The van der Waals surface area contributed by atoms with Gasteiger partial charge in [-0.1, -0.05) is 0 Å². The van der Waals surface area contributed by atoms with Gasteiger partial charge in [0.25, 0.3) is 5.91 Å². The molecular formula is C17H26N4O4. The van der Waals surface area contributed by atoms with Crippen LogP contribution in [0.3, 0.4) is 0 Å². The van der Waals surface area contributed by atoms with E-state index < -0.39 is 0 Å². The number of amides is 2. The third-order valence-corrected chi connectivity index (χ3v) is 4.56.